The van der Waals surface area contributed by atoms with Crippen molar-refractivity contribution in [2.75, 3.05) is 0 Å². The number of fused-ring (bicyclic) bond motifs is 1. The summed E-state index contributed by atoms with van der Waals surface area (Å²) in [6.07, 6.45) is 4.37. The average molecular weight is 407 g/mol. The van der Waals surface area contributed by atoms with E-state index in [0.29, 0.717) is 0 Å². The molecular weight excluding hydrogens is 368 g/mol. The summed E-state index contributed by atoms with van der Waals surface area (Å²) in [5, 5.41) is 0. The molecule has 0 bridgehead atoms. The monoisotopic (exact) mass is 406 g/mol. The molecule has 30 heavy (non-hydrogen) atoms. The van der Waals surface area contributed by atoms with Gasteiger partial charge in [-0.25, -0.2) is 0 Å². The second kappa shape index (κ2) is 8.21. The van der Waals surface area contributed by atoms with E-state index in [-0.39, 0.29) is 22.7 Å². The molecule has 1 unspecified atom stereocenters. The van der Waals surface area contributed by atoms with Gasteiger partial charge in [0.2, 0.25) is 0 Å². The molecule has 0 radical (unpaired) electrons. The third-order valence-corrected chi connectivity index (χ3v) is 6.14. The summed E-state index contributed by atoms with van der Waals surface area (Å²) in [5.41, 5.74) is 7.16. The van der Waals surface area contributed by atoms with Crippen molar-refractivity contribution in [3.63, 3.8) is 0 Å². The van der Waals surface area contributed by atoms with Crippen LogP contribution in [0.2, 0.25) is 0 Å². The Kier molecular flexibility index (Phi) is 6.18. The van der Waals surface area contributed by atoms with Gasteiger partial charge in [0.1, 0.15) is 11.7 Å². The van der Waals surface area contributed by atoms with E-state index in [1.807, 2.05) is 0 Å². The molecule has 0 saturated heterocycles. The molecule has 1 aliphatic heterocycles. The smallest absolute Gasteiger partial charge is 0.323 e. The second-order valence-electron chi connectivity index (χ2n) is 10.8. The minimum atomic E-state index is -0.338. The molecule has 3 rings (SSSR count). The maximum absolute atomic E-state index is 13.1. The van der Waals surface area contributed by atoms with Crippen molar-refractivity contribution in [3.05, 3.63) is 63.7 Å². The average Bonchev–Trinajstić information content (AvgIpc) is 2.97. The fourth-order valence-electron chi connectivity index (χ4n) is 4.41. The number of carbonyl (C=O) groups excluding carboxylic acids is 1. The molecule has 0 amide bonds. The van der Waals surface area contributed by atoms with Gasteiger partial charge >= 0.3 is 5.97 Å². The minimum absolute atomic E-state index is 0.00354. The Balaban J connectivity index is 2.19. The summed E-state index contributed by atoms with van der Waals surface area (Å²) in [7, 11) is 0. The standard InChI is InChI=1S/C28H38O2/c1-9-11-18-13-14-20(15-19(18)12-10-2)24-22-16-21(27(3,4)5)17-23(28(6,7)8)25(22)30-26(24)29/h13-17,24H,9-12H2,1-8H3. The first-order valence-electron chi connectivity index (χ1n) is 11.5. The van der Waals surface area contributed by atoms with E-state index < -0.39 is 0 Å². The molecule has 0 spiro atoms. The highest BCUT2D eigenvalue weighted by Gasteiger charge is 2.39. The molecule has 1 aliphatic rings. The van der Waals surface area contributed by atoms with Crippen molar-refractivity contribution in [1.82, 2.24) is 0 Å². The van der Waals surface area contributed by atoms with Crippen molar-refractivity contribution >= 4 is 5.97 Å². The van der Waals surface area contributed by atoms with E-state index in [0.717, 1.165) is 48.1 Å². The summed E-state index contributed by atoms with van der Waals surface area (Å²) >= 11 is 0. The molecule has 0 aromatic heterocycles. The first kappa shape index (κ1) is 22.6. The van der Waals surface area contributed by atoms with Gasteiger partial charge in [-0.1, -0.05) is 98.6 Å². The van der Waals surface area contributed by atoms with Crippen LogP contribution in [0.15, 0.2) is 30.3 Å². The van der Waals surface area contributed by atoms with Gasteiger partial charge in [0.05, 0.1) is 0 Å². The van der Waals surface area contributed by atoms with Gasteiger partial charge < -0.3 is 4.74 Å². The van der Waals surface area contributed by atoms with E-state index in [4.69, 9.17) is 4.74 Å². The Hall–Kier alpha value is -2.09. The molecular formula is C28H38O2. The Morgan fingerprint density at radius 1 is 0.833 bits per heavy atom. The van der Waals surface area contributed by atoms with Crippen LogP contribution in [-0.4, -0.2) is 5.97 Å². The first-order valence-corrected chi connectivity index (χ1v) is 11.5. The van der Waals surface area contributed by atoms with Gasteiger partial charge in [0.15, 0.2) is 0 Å². The van der Waals surface area contributed by atoms with Crippen LogP contribution in [0.4, 0.5) is 0 Å². The van der Waals surface area contributed by atoms with Crippen LogP contribution in [-0.2, 0) is 28.5 Å². The fraction of sp³-hybridized carbons (Fsp3) is 0.536. The van der Waals surface area contributed by atoms with Crippen LogP contribution in [0.3, 0.4) is 0 Å². The number of hydrogen-bond acceptors (Lipinski definition) is 2. The molecule has 0 N–H and O–H groups in total. The molecule has 2 aromatic carbocycles. The lowest BCUT2D eigenvalue weighted by atomic mass is 9.77. The number of ether oxygens (including phenoxy) is 1. The largest absolute Gasteiger partial charge is 0.425 e. The number of hydrogen-bond donors (Lipinski definition) is 0. The summed E-state index contributed by atoms with van der Waals surface area (Å²) in [6.45, 7) is 17.7. The number of carbonyl (C=O) groups is 1. The zero-order valence-corrected chi connectivity index (χ0v) is 20.1. The number of aryl methyl sites for hydroxylation is 2. The Bertz CT molecular complexity index is 938. The van der Waals surface area contributed by atoms with Crippen LogP contribution in [0.5, 0.6) is 5.75 Å². The third-order valence-electron chi connectivity index (χ3n) is 6.14. The van der Waals surface area contributed by atoms with Crippen LogP contribution in [0.25, 0.3) is 0 Å². The molecule has 0 saturated carbocycles. The van der Waals surface area contributed by atoms with Crippen molar-refractivity contribution in [2.45, 2.75) is 97.8 Å². The highest BCUT2D eigenvalue weighted by Crippen LogP contribution is 2.47. The van der Waals surface area contributed by atoms with E-state index in [1.165, 1.54) is 16.7 Å². The summed E-state index contributed by atoms with van der Waals surface area (Å²) in [4.78, 5) is 13.1. The number of benzene rings is 2. The lowest BCUT2D eigenvalue weighted by Crippen LogP contribution is -2.17. The summed E-state index contributed by atoms with van der Waals surface area (Å²) < 4.78 is 5.94. The zero-order valence-electron chi connectivity index (χ0n) is 20.1. The molecule has 0 aliphatic carbocycles. The SMILES string of the molecule is CCCc1ccc(C2C(=O)Oc3c2cc(C(C)(C)C)cc3C(C)(C)C)cc1CCC. The topological polar surface area (TPSA) is 26.3 Å². The van der Waals surface area contributed by atoms with E-state index in [2.05, 4.69) is 85.7 Å². The van der Waals surface area contributed by atoms with Crippen LogP contribution >= 0.6 is 0 Å². The van der Waals surface area contributed by atoms with Gasteiger partial charge in [-0.05, 0) is 45.9 Å². The molecule has 162 valence electrons. The minimum Gasteiger partial charge on any atom is -0.425 e. The highest BCUT2D eigenvalue weighted by atomic mass is 16.5. The van der Waals surface area contributed by atoms with E-state index >= 15 is 0 Å². The lowest BCUT2D eigenvalue weighted by Gasteiger charge is -2.27. The maximum Gasteiger partial charge on any atom is 0.323 e. The van der Waals surface area contributed by atoms with Gasteiger partial charge in [0.25, 0.3) is 0 Å². The molecule has 2 aromatic rings. The molecule has 2 nitrogen and oxygen atoms in total. The lowest BCUT2D eigenvalue weighted by molar-refractivity contribution is -0.133. The van der Waals surface area contributed by atoms with Crippen LogP contribution < -0.4 is 4.74 Å². The quantitative estimate of drug-likeness (QED) is 0.386. The first-order chi connectivity index (χ1) is 14.0. The van der Waals surface area contributed by atoms with Gasteiger partial charge in [0, 0.05) is 11.1 Å². The Labute approximate surface area is 183 Å². The second-order valence-corrected chi connectivity index (χ2v) is 10.8. The Morgan fingerprint density at radius 2 is 1.47 bits per heavy atom. The fourth-order valence-corrected chi connectivity index (χ4v) is 4.41. The normalized spacial score (nSPS) is 16.5. The van der Waals surface area contributed by atoms with Crippen molar-refractivity contribution in [3.8, 4) is 5.75 Å². The molecule has 0 fully saturated rings. The molecule has 1 atom stereocenters. The van der Waals surface area contributed by atoms with E-state index in [1.54, 1.807) is 0 Å². The summed E-state index contributed by atoms with van der Waals surface area (Å²) in [5.74, 6) is 0.294. The zero-order chi connectivity index (χ0) is 22.3. The molecule has 1 heterocycles. The number of esters is 1. The molecule has 2 heteroatoms. The predicted octanol–water partition coefficient (Wildman–Crippen LogP) is 7.24. The summed E-state index contributed by atoms with van der Waals surface area (Å²) in [6, 6.07) is 11.1. The van der Waals surface area contributed by atoms with E-state index in [9.17, 15) is 4.79 Å². The van der Waals surface area contributed by atoms with Gasteiger partial charge in [-0.15, -0.1) is 0 Å². The highest BCUT2D eigenvalue weighted by molar-refractivity contribution is 5.90. The van der Waals surface area contributed by atoms with Gasteiger partial charge in [-0.2, -0.15) is 0 Å². The predicted molar refractivity (Wildman–Crippen MR) is 126 cm³/mol. The van der Waals surface area contributed by atoms with Crippen molar-refractivity contribution in [2.24, 2.45) is 0 Å². The van der Waals surface area contributed by atoms with Gasteiger partial charge in [-0.3, -0.25) is 4.79 Å². The Morgan fingerprint density at radius 3 is 2.03 bits per heavy atom. The third kappa shape index (κ3) is 4.33. The number of rotatable bonds is 5. The van der Waals surface area contributed by atoms with Crippen molar-refractivity contribution < 1.29 is 9.53 Å². The van der Waals surface area contributed by atoms with Crippen molar-refractivity contribution in [1.29, 1.82) is 0 Å². The van der Waals surface area contributed by atoms with Crippen LogP contribution in [0.1, 0.15) is 108 Å². The maximum atomic E-state index is 13.1. The van der Waals surface area contributed by atoms with Crippen LogP contribution in [0, 0.1) is 0 Å².